The summed E-state index contributed by atoms with van der Waals surface area (Å²) in [4.78, 5) is 4.33. The molecule has 1 aliphatic rings. The molecule has 2 rings (SSSR count). The average Bonchev–Trinajstić information content (AvgIpc) is 2.51. The Balaban J connectivity index is 2.04. The van der Waals surface area contributed by atoms with Crippen LogP contribution in [-0.2, 0) is 0 Å². The van der Waals surface area contributed by atoms with Crippen LogP contribution in [0.5, 0.6) is 5.75 Å². The van der Waals surface area contributed by atoms with Gasteiger partial charge < -0.3 is 10.4 Å². The van der Waals surface area contributed by atoms with Gasteiger partial charge in [0.15, 0.2) is 5.17 Å². The first-order valence-electron chi connectivity index (χ1n) is 4.51. The Hall–Kier alpha value is -1.16. The molecule has 3 nitrogen and oxygen atoms in total. The van der Waals surface area contributed by atoms with Crippen LogP contribution in [0.4, 0.5) is 5.69 Å². The summed E-state index contributed by atoms with van der Waals surface area (Å²) in [6, 6.07) is 7.05. The number of phenols is 1. The monoisotopic (exact) mass is 208 g/mol. The number of aromatic hydroxyl groups is 1. The summed E-state index contributed by atoms with van der Waals surface area (Å²) in [5.41, 5.74) is 0.880. The van der Waals surface area contributed by atoms with Gasteiger partial charge in [-0.1, -0.05) is 24.8 Å². The molecule has 0 saturated carbocycles. The molecule has 4 heteroatoms. The summed E-state index contributed by atoms with van der Waals surface area (Å²) >= 11 is 1.72. The standard InChI is InChI=1S/C10H12N2OS/c1-7-6-11-10(14-7)12-8-3-2-4-9(13)5-8/h2-5,7,13H,6H2,1H3,(H,11,12)/t7-/m0/s1. The number of hydrogen-bond acceptors (Lipinski definition) is 4. The highest BCUT2D eigenvalue weighted by molar-refractivity contribution is 8.15. The topological polar surface area (TPSA) is 44.6 Å². The van der Waals surface area contributed by atoms with Crippen molar-refractivity contribution in [2.75, 3.05) is 11.9 Å². The van der Waals surface area contributed by atoms with Crippen molar-refractivity contribution in [1.29, 1.82) is 0 Å². The van der Waals surface area contributed by atoms with Crippen molar-refractivity contribution in [2.45, 2.75) is 12.2 Å². The van der Waals surface area contributed by atoms with Crippen LogP contribution in [0.1, 0.15) is 6.92 Å². The second kappa shape index (κ2) is 3.92. The van der Waals surface area contributed by atoms with E-state index in [1.54, 1.807) is 30.0 Å². The van der Waals surface area contributed by atoms with E-state index in [-0.39, 0.29) is 5.75 Å². The molecule has 0 fully saturated rings. The third-order valence-electron chi connectivity index (χ3n) is 1.90. The normalized spacial score (nSPS) is 20.6. The third kappa shape index (κ3) is 2.20. The molecular weight excluding hydrogens is 196 g/mol. The number of nitrogens with one attached hydrogen (secondary N) is 1. The molecule has 0 aromatic heterocycles. The Bertz CT molecular complexity index is 365. The van der Waals surface area contributed by atoms with Crippen LogP contribution < -0.4 is 5.32 Å². The number of thioether (sulfide) groups is 1. The molecule has 2 N–H and O–H groups in total. The lowest BCUT2D eigenvalue weighted by molar-refractivity contribution is 0.475. The van der Waals surface area contributed by atoms with Crippen molar-refractivity contribution in [1.82, 2.24) is 0 Å². The lowest BCUT2D eigenvalue weighted by atomic mass is 10.3. The van der Waals surface area contributed by atoms with E-state index >= 15 is 0 Å². The molecule has 0 amide bonds. The van der Waals surface area contributed by atoms with Crippen molar-refractivity contribution >= 4 is 22.6 Å². The predicted octanol–water partition coefficient (Wildman–Crippen LogP) is 2.30. The molecule has 1 atom stereocenters. The van der Waals surface area contributed by atoms with Gasteiger partial charge in [-0.15, -0.1) is 0 Å². The number of rotatable bonds is 1. The fourth-order valence-corrected chi connectivity index (χ4v) is 2.11. The molecule has 0 aliphatic carbocycles. The minimum atomic E-state index is 0.270. The second-order valence-corrected chi connectivity index (χ2v) is 4.68. The van der Waals surface area contributed by atoms with E-state index in [4.69, 9.17) is 0 Å². The molecule has 1 aromatic carbocycles. The molecule has 1 aliphatic heterocycles. The van der Waals surface area contributed by atoms with Crippen molar-refractivity contribution in [3.8, 4) is 5.75 Å². The van der Waals surface area contributed by atoms with Crippen LogP contribution in [0.2, 0.25) is 0 Å². The van der Waals surface area contributed by atoms with Gasteiger partial charge in [0.25, 0.3) is 0 Å². The SMILES string of the molecule is C[C@H]1CN=C(Nc2cccc(O)c2)S1. The van der Waals surface area contributed by atoms with E-state index in [0.29, 0.717) is 5.25 Å². The van der Waals surface area contributed by atoms with Crippen LogP contribution in [0.25, 0.3) is 0 Å². The van der Waals surface area contributed by atoms with Gasteiger partial charge in [0.05, 0.1) is 6.54 Å². The van der Waals surface area contributed by atoms with Gasteiger partial charge in [0, 0.05) is 17.0 Å². The quantitative estimate of drug-likeness (QED) is 0.744. The van der Waals surface area contributed by atoms with Gasteiger partial charge in [0.2, 0.25) is 0 Å². The van der Waals surface area contributed by atoms with Crippen molar-refractivity contribution in [3.63, 3.8) is 0 Å². The largest absolute Gasteiger partial charge is 0.508 e. The molecule has 74 valence electrons. The number of hydrogen-bond donors (Lipinski definition) is 2. The highest BCUT2D eigenvalue weighted by atomic mass is 32.2. The van der Waals surface area contributed by atoms with Gasteiger partial charge >= 0.3 is 0 Å². The molecule has 0 unspecified atom stereocenters. The lowest BCUT2D eigenvalue weighted by Crippen LogP contribution is -2.05. The van der Waals surface area contributed by atoms with Gasteiger partial charge in [-0.25, -0.2) is 0 Å². The number of aliphatic imine (C=N–C) groups is 1. The third-order valence-corrected chi connectivity index (χ3v) is 2.91. The molecule has 0 bridgehead atoms. The first-order valence-corrected chi connectivity index (χ1v) is 5.39. The maximum atomic E-state index is 9.25. The molecule has 0 spiro atoms. The summed E-state index contributed by atoms with van der Waals surface area (Å²) in [6.45, 7) is 3.01. The van der Waals surface area contributed by atoms with Crippen molar-refractivity contribution in [2.24, 2.45) is 4.99 Å². The number of anilines is 1. The number of benzene rings is 1. The molecule has 0 saturated heterocycles. The zero-order valence-electron chi connectivity index (χ0n) is 7.90. The summed E-state index contributed by atoms with van der Waals surface area (Å²) < 4.78 is 0. The molecule has 14 heavy (non-hydrogen) atoms. The van der Waals surface area contributed by atoms with E-state index < -0.39 is 0 Å². The first-order chi connectivity index (χ1) is 6.74. The highest BCUT2D eigenvalue weighted by Gasteiger charge is 2.14. The molecule has 1 heterocycles. The summed E-state index contributed by atoms with van der Waals surface area (Å²) in [6.07, 6.45) is 0. The number of nitrogens with zero attached hydrogens (tertiary/aromatic N) is 1. The minimum Gasteiger partial charge on any atom is -0.508 e. The van der Waals surface area contributed by atoms with E-state index in [9.17, 15) is 5.11 Å². The Morgan fingerprint density at radius 1 is 1.57 bits per heavy atom. The van der Waals surface area contributed by atoms with E-state index in [1.165, 1.54) is 0 Å². The van der Waals surface area contributed by atoms with Crippen LogP contribution in [0, 0.1) is 0 Å². The van der Waals surface area contributed by atoms with Crippen molar-refractivity contribution < 1.29 is 5.11 Å². The lowest BCUT2D eigenvalue weighted by Gasteiger charge is -2.05. The summed E-state index contributed by atoms with van der Waals surface area (Å²) in [5.74, 6) is 0.270. The smallest absolute Gasteiger partial charge is 0.161 e. The molecule has 1 aromatic rings. The predicted molar refractivity (Wildman–Crippen MR) is 61.1 cm³/mol. The fraction of sp³-hybridized carbons (Fsp3) is 0.300. The van der Waals surface area contributed by atoms with Crippen LogP contribution >= 0.6 is 11.8 Å². The Labute approximate surface area is 87.2 Å². The van der Waals surface area contributed by atoms with Crippen LogP contribution in [-0.4, -0.2) is 22.1 Å². The van der Waals surface area contributed by atoms with E-state index in [0.717, 1.165) is 17.4 Å². The second-order valence-electron chi connectivity index (χ2n) is 3.25. The summed E-state index contributed by atoms with van der Waals surface area (Å²) in [5, 5.41) is 13.9. The number of amidine groups is 1. The van der Waals surface area contributed by atoms with E-state index in [1.807, 2.05) is 6.07 Å². The van der Waals surface area contributed by atoms with E-state index in [2.05, 4.69) is 17.2 Å². The maximum absolute atomic E-state index is 9.25. The molecule has 0 radical (unpaired) electrons. The fourth-order valence-electron chi connectivity index (χ4n) is 1.25. The zero-order valence-corrected chi connectivity index (χ0v) is 8.71. The summed E-state index contributed by atoms with van der Waals surface area (Å²) in [7, 11) is 0. The van der Waals surface area contributed by atoms with Crippen LogP contribution in [0.15, 0.2) is 29.3 Å². The van der Waals surface area contributed by atoms with Gasteiger partial charge in [0.1, 0.15) is 5.75 Å². The van der Waals surface area contributed by atoms with Gasteiger partial charge in [-0.05, 0) is 12.1 Å². The Kier molecular flexibility index (Phi) is 2.63. The first kappa shape index (κ1) is 9.40. The Morgan fingerprint density at radius 2 is 2.43 bits per heavy atom. The van der Waals surface area contributed by atoms with Gasteiger partial charge in [-0.3, -0.25) is 4.99 Å². The molecular formula is C10H12N2OS. The van der Waals surface area contributed by atoms with Crippen molar-refractivity contribution in [3.05, 3.63) is 24.3 Å². The average molecular weight is 208 g/mol. The minimum absolute atomic E-state index is 0.270. The van der Waals surface area contributed by atoms with Gasteiger partial charge in [-0.2, -0.15) is 0 Å². The maximum Gasteiger partial charge on any atom is 0.161 e. The highest BCUT2D eigenvalue weighted by Crippen LogP contribution is 2.23. The van der Waals surface area contributed by atoms with Crippen LogP contribution in [0.3, 0.4) is 0 Å². The zero-order chi connectivity index (χ0) is 9.97. The Morgan fingerprint density at radius 3 is 3.07 bits per heavy atom. The number of phenolic OH excluding ortho intramolecular Hbond substituents is 1.